The van der Waals surface area contributed by atoms with Crippen LogP contribution in [0.4, 0.5) is 10.8 Å². The van der Waals surface area contributed by atoms with E-state index in [9.17, 15) is 14.4 Å². The molecule has 2 amide bonds. The Labute approximate surface area is 193 Å². The van der Waals surface area contributed by atoms with E-state index in [-0.39, 0.29) is 29.8 Å². The Morgan fingerprint density at radius 1 is 1.28 bits per heavy atom. The molecule has 168 valence electrons. The Hall–Kier alpha value is -2.98. The molecule has 4 rings (SSSR count). The van der Waals surface area contributed by atoms with Crippen LogP contribution in [0, 0.1) is 5.92 Å². The molecule has 32 heavy (non-hydrogen) atoms. The minimum Gasteiger partial charge on any atom is -0.356 e. The molecule has 0 saturated carbocycles. The van der Waals surface area contributed by atoms with E-state index in [1.807, 2.05) is 11.8 Å². The largest absolute Gasteiger partial charge is 0.356 e. The van der Waals surface area contributed by atoms with Crippen molar-refractivity contribution < 1.29 is 9.59 Å². The Bertz CT molecular complexity index is 1190. The van der Waals surface area contributed by atoms with Crippen molar-refractivity contribution in [3.05, 3.63) is 46.0 Å². The summed E-state index contributed by atoms with van der Waals surface area (Å²) in [6.07, 6.45) is 3.05. The molecule has 9 nitrogen and oxygen atoms in total. The van der Waals surface area contributed by atoms with Crippen molar-refractivity contribution in [3.8, 4) is 0 Å². The minimum absolute atomic E-state index is 0.0468. The summed E-state index contributed by atoms with van der Waals surface area (Å²) >= 11 is 7.10. The van der Waals surface area contributed by atoms with Crippen molar-refractivity contribution in [1.82, 2.24) is 19.9 Å². The fraction of sp³-hybridized carbons (Fsp3) is 0.381. The first-order valence-corrected chi connectivity index (χ1v) is 11.6. The summed E-state index contributed by atoms with van der Waals surface area (Å²) in [6.45, 7) is 3.67. The lowest BCUT2D eigenvalue weighted by atomic mass is 9.97. The summed E-state index contributed by atoms with van der Waals surface area (Å²) in [7, 11) is 0. The number of aromatic nitrogens is 3. The highest BCUT2D eigenvalue weighted by atomic mass is 35.5. The zero-order valence-corrected chi connectivity index (χ0v) is 19.1. The molecule has 0 unspecified atom stereocenters. The average Bonchev–Trinajstić information content (AvgIpc) is 3.23. The predicted octanol–water partition coefficient (Wildman–Crippen LogP) is 2.50. The highest BCUT2D eigenvalue weighted by Gasteiger charge is 2.27. The van der Waals surface area contributed by atoms with Crippen LogP contribution in [0.15, 0.2) is 35.4 Å². The number of carbonyl (C=O) groups is 2. The number of anilines is 2. The molecule has 1 fully saturated rings. The first-order valence-electron chi connectivity index (χ1n) is 10.4. The first kappa shape index (κ1) is 22.2. The summed E-state index contributed by atoms with van der Waals surface area (Å²) in [4.78, 5) is 48.3. The Balaban J connectivity index is 1.49. The third-order valence-corrected chi connectivity index (χ3v) is 6.57. The van der Waals surface area contributed by atoms with E-state index >= 15 is 0 Å². The van der Waals surface area contributed by atoms with Crippen LogP contribution in [0.3, 0.4) is 0 Å². The number of nitrogens with zero attached hydrogens (tertiary/aromatic N) is 4. The number of hydrogen-bond acceptors (Lipinski definition) is 7. The van der Waals surface area contributed by atoms with Gasteiger partial charge in [-0.3, -0.25) is 19.0 Å². The molecule has 1 aliphatic heterocycles. The van der Waals surface area contributed by atoms with Crippen molar-refractivity contribution in [2.75, 3.05) is 29.9 Å². The van der Waals surface area contributed by atoms with Crippen molar-refractivity contribution >= 4 is 55.9 Å². The van der Waals surface area contributed by atoms with E-state index in [4.69, 9.17) is 11.6 Å². The maximum Gasteiger partial charge on any atom is 0.273 e. The fourth-order valence-corrected chi connectivity index (χ4v) is 4.78. The molecule has 1 aliphatic rings. The molecule has 0 spiro atoms. The molecular weight excluding hydrogens is 452 g/mol. The van der Waals surface area contributed by atoms with Crippen LogP contribution >= 0.6 is 22.9 Å². The lowest BCUT2D eigenvalue weighted by Gasteiger charge is -2.31. The van der Waals surface area contributed by atoms with E-state index in [0.717, 1.165) is 19.4 Å². The Morgan fingerprint density at radius 2 is 2.06 bits per heavy atom. The lowest BCUT2D eigenvalue weighted by molar-refractivity contribution is -0.125. The van der Waals surface area contributed by atoms with Gasteiger partial charge in [0.05, 0.1) is 5.92 Å². The molecule has 0 aliphatic carbocycles. The van der Waals surface area contributed by atoms with Gasteiger partial charge >= 0.3 is 0 Å². The topological polar surface area (TPSA) is 109 Å². The van der Waals surface area contributed by atoms with Gasteiger partial charge in [0.25, 0.3) is 5.56 Å². The summed E-state index contributed by atoms with van der Waals surface area (Å²) in [5.41, 5.74) is 0.625. The Morgan fingerprint density at radius 3 is 2.81 bits per heavy atom. The highest BCUT2D eigenvalue weighted by molar-refractivity contribution is 7.22. The maximum absolute atomic E-state index is 12.9. The molecular formula is C21H23ClN6O3S. The van der Waals surface area contributed by atoms with Gasteiger partial charge in [0.1, 0.15) is 17.6 Å². The van der Waals surface area contributed by atoms with Gasteiger partial charge < -0.3 is 15.5 Å². The van der Waals surface area contributed by atoms with Crippen molar-refractivity contribution in [2.24, 2.45) is 5.92 Å². The van der Waals surface area contributed by atoms with Crippen LogP contribution < -0.4 is 21.1 Å². The van der Waals surface area contributed by atoms with E-state index in [0.29, 0.717) is 39.3 Å². The van der Waals surface area contributed by atoms with Crippen LogP contribution in [0.25, 0.3) is 10.3 Å². The van der Waals surface area contributed by atoms with Gasteiger partial charge in [-0.05, 0) is 44.0 Å². The zero-order valence-electron chi connectivity index (χ0n) is 17.5. The highest BCUT2D eigenvalue weighted by Crippen LogP contribution is 2.29. The van der Waals surface area contributed by atoms with Crippen LogP contribution in [0.2, 0.25) is 5.02 Å². The number of rotatable bonds is 6. The average molecular weight is 475 g/mol. The van der Waals surface area contributed by atoms with Crippen molar-refractivity contribution in [3.63, 3.8) is 0 Å². The smallest absolute Gasteiger partial charge is 0.273 e. The number of halogens is 1. The van der Waals surface area contributed by atoms with Gasteiger partial charge in [0.15, 0.2) is 10.8 Å². The fourth-order valence-electron chi connectivity index (χ4n) is 3.65. The van der Waals surface area contributed by atoms with Crippen LogP contribution in [-0.4, -0.2) is 46.0 Å². The van der Waals surface area contributed by atoms with Crippen LogP contribution in [-0.2, 0) is 16.1 Å². The van der Waals surface area contributed by atoms with Gasteiger partial charge in [0.2, 0.25) is 11.8 Å². The second-order valence-corrected chi connectivity index (χ2v) is 8.98. The second kappa shape index (κ2) is 9.66. The number of carbonyl (C=O) groups excluding carboxylic acids is 2. The molecule has 0 bridgehead atoms. The number of hydrogen-bond donors (Lipinski definition) is 2. The van der Waals surface area contributed by atoms with Gasteiger partial charge in [-0.15, -0.1) is 0 Å². The van der Waals surface area contributed by atoms with E-state index < -0.39 is 0 Å². The quantitative estimate of drug-likeness (QED) is 0.568. The molecule has 3 aromatic rings. The van der Waals surface area contributed by atoms with Crippen molar-refractivity contribution in [1.29, 1.82) is 0 Å². The summed E-state index contributed by atoms with van der Waals surface area (Å²) < 4.78 is 1.66. The van der Waals surface area contributed by atoms with E-state index in [2.05, 4.69) is 20.6 Å². The normalized spacial score (nSPS) is 16.2. The third-order valence-electron chi connectivity index (χ3n) is 5.23. The summed E-state index contributed by atoms with van der Waals surface area (Å²) in [6, 6.07) is 6.72. The molecule has 1 atom stereocenters. The van der Waals surface area contributed by atoms with Crippen LogP contribution in [0.5, 0.6) is 0 Å². The first-order chi connectivity index (χ1) is 15.4. The number of amides is 2. The van der Waals surface area contributed by atoms with E-state index in [1.165, 1.54) is 22.2 Å². The van der Waals surface area contributed by atoms with Gasteiger partial charge in [-0.2, -0.15) is 4.98 Å². The number of piperidine rings is 1. The minimum atomic E-state index is -0.346. The summed E-state index contributed by atoms with van der Waals surface area (Å²) in [5.74, 6) is -0.400. The number of fused-ring (bicyclic) bond motifs is 1. The maximum atomic E-state index is 12.9. The molecule has 1 saturated heterocycles. The van der Waals surface area contributed by atoms with Crippen LogP contribution in [0.1, 0.15) is 19.8 Å². The van der Waals surface area contributed by atoms with Gasteiger partial charge in [-0.25, -0.2) is 4.98 Å². The van der Waals surface area contributed by atoms with Crippen molar-refractivity contribution in [2.45, 2.75) is 26.3 Å². The SMILES string of the molecule is CCNC(=O)[C@@H]1CCCN(c2nc3ncn(CC(=O)Nc4ccc(Cl)cc4)c(=O)c3s2)C1. The summed E-state index contributed by atoms with van der Waals surface area (Å²) in [5, 5.41) is 6.85. The second-order valence-electron chi connectivity index (χ2n) is 7.56. The molecule has 0 radical (unpaired) electrons. The predicted molar refractivity (Wildman–Crippen MR) is 125 cm³/mol. The van der Waals surface area contributed by atoms with E-state index in [1.54, 1.807) is 24.3 Å². The standard InChI is InChI=1S/C21H23ClN6O3S/c1-2-23-19(30)13-4-3-9-27(10-13)21-26-18-17(32-21)20(31)28(12-24-18)11-16(29)25-15-7-5-14(22)6-8-15/h5-8,12-13H,2-4,9-11H2,1H3,(H,23,30)(H,25,29)/t13-/m1/s1. The molecule has 1 aromatic carbocycles. The molecule has 11 heteroatoms. The Kier molecular flexibility index (Phi) is 6.71. The number of nitrogens with one attached hydrogen (secondary N) is 2. The third kappa shape index (κ3) is 4.91. The van der Waals surface area contributed by atoms with Gasteiger partial charge in [-0.1, -0.05) is 22.9 Å². The zero-order chi connectivity index (χ0) is 22.7. The van der Waals surface area contributed by atoms with Gasteiger partial charge in [0, 0.05) is 30.3 Å². The monoisotopic (exact) mass is 474 g/mol. The number of thiazole rings is 1. The molecule has 2 aromatic heterocycles. The molecule has 3 heterocycles. The number of benzene rings is 1. The molecule has 2 N–H and O–H groups in total. The lowest BCUT2D eigenvalue weighted by Crippen LogP contribution is -2.43.